The molecule has 6 heteroatoms. The maximum atomic E-state index is 12.2. The summed E-state index contributed by atoms with van der Waals surface area (Å²) in [6.07, 6.45) is 1.49. The van der Waals surface area contributed by atoms with Crippen molar-refractivity contribution >= 4 is 29.0 Å². The molecule has 0 saturated heterocycles. The second-order valence-corrected chi connectivity index (χ2v) is 5.08. The summed E-state index contributed by atoms with van der Waals surface area (Å²) in [6.45, 7) is 4.25. The molecule has 116 valence electrons. The van der Waals surface area contributed by atoms with E-state index in [4.69, 9.17) is 16.3 Å². The number of amides is 1. The quantitative estimate of drug-likeness (QED) is 0.854. The normalized spacial score (nSPS) is 11.6. The molecule has 2 N–H and O–H groups in total. The van der Waals surface area contributed by atoms with Crippen LogP contribution in [-0.2, 0) is 4.79 Å². The van der Waals surface area contributed by atoms with Gasteiger partial charge in [-0.1, -0.05) is 23.7 Å². The van der Waals surface area contributed by atoms with Crippen LogP contribution in [0.3, 0.4) is 0 Å². The van der Waals surface area contributed by atoms with E-state index in [1.54, 1.807) is 19.1 Å². The van der Waals surface area contributed by atoms with Crippen LogP contribution < -0.4 is 15.4 Å². The van der Waals surface area contributed by atoms with E-state index in [9.17, 15) is 4.79 Å². The third-order valence-corrected chi connectivity index (χ3v) is 3.15. The zero-order valence-electron chi connectivity index (χ0n) is 12.5. The van der Waals surface area contributed by atoms with Crippen molar-refractivity contribution in [2.75, 3.05) is 17.2 Å². The number of nitrogens with zero attached hydrogens (tertiary/aromatic N) is 1. The predicted molar refractivity (Wildman–Crippen MR) is 88.6 cm³/mol. The highest BCUT2D eigenvalue weighted by molar-refractivity contribution is 6.30. The minimum Gasteiger partial charge on any atom is -0.492 e. The van der Waals surface area contributed by atoms with E-state index >= 15 is 0 Å². The Labute approximate surface area is 134 Å². The van der Waals surface area contributed by atoms with Crippen molar-refractivity contribution in [3.05, 3.63) is 47.6 Å². The van der Waals surface area contributed by atoms with E-state index in [1.807, 2.05) is 31.2 Å². The summed E-state index contributed by atoms with van der Waals surface area (Å²) < 4.78 is 5.53. The fourth-order valence-electron chi connectivity index (χ4n) is 1.85. The van der Waals surface area contributed by atoms with E-state index in [0.717, 1.165) is 5.69 Å². The molecule has 0 spiro atoms. The molecular weight excluding hydrogens is 302 g/mol. The zero-order chi connectivity index (χ0) is 15.9. The fourth-order valence-corrected chi connectivity index (χ4v) is 1.96. The van der Waals surface area contributed by atoms with Crippen LogP contribution in [0.1, 0.15) is 13.8 Å². The van der Waals surface area contributed by atoms with Gasteiger partial charge in [-0.05, 0) is 38.1 Å². The van der Waals surface area contributed by atoms with E-state index in [2.05, 4.69) is 15.6 Å². The summed E-state index contributed by atoms with van der Waals surface area (Å²) in [5.41, 5.74) is 0.774. The predicted octanol–water partition coefficient (Wildman–Crippen LogP) is 3.57. The number of aromatic nitrogens is 1. The maximum Gasteiger partial charge on any atom is 0.247 e. The molecule has 0 fully saturated rings. The number of ether oxygens (including phenoxy) is 1. The highest BCUT2D eigenvalue weighted by atomic mass is 35.5. The lowest BCUT2D eigenvalue weighted by Crippen LogP contribution is -2.32. The molecule has 2 rings (SSSR count). The fraction of sp³-hybridized carbons (Fsp3) is 0.250. The summed E-state index contributed by atoms with van der Waals surface area (Å²) in [7, 11) is 0. The molecule has 0 aliphatic carbocycles. The van der Waals surface area contributed by atoms with Gasteiger partial charge in [0.1, 0.15) is 17.6 Å². The largest absolute Gasteiger partial charge is 0.492 e. The number of hydrogen-bond donors (Lipinski definition) is 2. The Morgan fingerprint density at radius 3 is 2.77 bits per heavy atom. The lowest BCUT2D eigenvalue weighted by molar-refractivity contribution is -0.116. The summed E-state index contributed by atoms with van der Waals surface area (Å²) in [5.74, 6) is 0.983. The molecule has 2 aromatic rings. The number of hydrogen-bond acceptors (Lipinski definition) is 4. The van der Waals surface area contributed by atoms with Gasteiger partial charge in [0.05, 0.1) is 17.3 Å². The van der Waals surface area contributed by atoms with Crippen LogP contribution in [0, 0.1) is 0 Å². The Morgan fingerprint density at radius 1 is 1.32 bits per heavy atom. The number of carbonyl (C=O) groups is 1. The van der Waals surface area contributed by atoms with Gasteiger partial charge in [-0.25, -0.2) is 4.98 Å². The number of pyridine rings is 1. The first-order chi connectivity index (χ1) is 10.6. The average Bonchev–Trinajstić information content (AvgIpc) is 2.51. The molecule has 1 aromatic carbocycles. The Hall–Kier alpha value is -2.27. The molecule has 1 aromatic heterocycles. The van der Waals surface area contributed by atoms with E-state index in [-0.39, 0.29) is 5.91 Å². The number of nitrogens with one attached hydrogen (secondary N) is 2. The molecule has 5 nitrogen and oxygen atoms in total. The lowest BCUT2D eigenvalue weighted by atomic mass is 10.2. The number of halogens is 1. The van der Waals surface area contributed by atoms with Crippen LogP contribution in [0.2, 0.25) is 5.02 Å². The molecule has 1 atom stereocenters. The number of rotatable bonds is 6. The van der Waals surface area contributed by atoms with E-state index in [0.29, 0.717) is 23.2 Å². The number of anilines is 2. The van der Waals surface area contributed by atoms with Crippen LogP contribution in [0.25, 0.3) is 0 Å². The minimum absolute atomic E-state index is 0.193. The highest BCUT2D eigenvalue weighted by Gasteiger charge is 2.15. The Balaban J connectivity index is 2.00. The molecule has 22 heavy (non-hydrogen) atoms. The molecule has 0 aliphatic heterocycles. The highest BCUT2D eigenvalue weighted by Crippen LogP contribution is 2.24. The van der Waals surface area contributed by atoms with E-state index < -0.39 is 6.04 Å². The molecular formula is C16H18ClN3O2. The monoisotopic (exact) mass is 319 g/mol. The first-order valence-corrected chi connectivity index (χ1v) is 7.38. The summed E-state index contributed by atoms with van der Waals surface area (Å²) in [6, 6.07) is 10.4. The second-order valence-electron chi connectivity index (χ2n) is 4.65. The Kier molecular flexibility index (Phi) is 5.61. The topological polar surface area (TPSA) is 63.2 Å². The van der Waals surface area contributed by atoms with Crippen molar-refractivity contribution in [2.24, 2.45) is 0 Å². The van der Waals surface area contributed by atoms with Crippen molar-refractivity contribution in [3.8, 4) is 5.75 Å². The summed E-state index contributed by atoms with van der Waals surface area (Å²) in [5, 5.41) is 6.39. The van der Waals surface area contributed by atoms with Crippen LogP contribution in [-0.4, -0.2) is 23.5 Å². The third kappa shape index (κ3) is 4.36. The summed E-state index contributed by atoms with van der Waals surface area (Å²) in [4.78, 5) is 16.2. The van der Waals surface area contributed by atoms with Gasteiger partial charge < -0.3 is 15.4 Å². The van der Waals surface area contributed by atoms with Crippen molar-refractivity contribution in [1.82, 2.24) is 4.98 Å². The van der Waals surface area contributed by atoms with Crippen LogP contribution in [0.4, 0.5) is 11.5 Å². The van der Waals surface area contributed by atoms with Crippen LogP contribution >= 0.6 is 11.6 Å². The second kappa shape index (κ2) is 7.66. The first-order valence-electron chi connectivity index (χ1n) is 7.01. The summed E-state index contributed by atoms with van der Waals surface area (Å²) >= 11 is 5.76. The average molecular weight is 320 g/mol. The first kappa shape index (κ1) is 16.1. The molecule has 0 bridgehead atoms. The standard InChI is InChI=1S/C16H18ClN3O2/c1-3-22-14-7-5-4-6-13(14)19-11(2)16(21)20-15-9-8-12(17)10-18-15/h4-11,19H,3H2,1-2H3,(H,18,20,21)/t11-/m0/s1. The van der Waals surface area contributed by atoms with Crippen molar-refractivity contribution < 1.29 is 9.53 Å². The van der Waals surface area contributed by atoms with Crippen molar-refractivity contribution in [2.45, 2.75) is 19.9 Å². The number of benzene rings is 1. The molecule has 0 unspecified atom stereocenters. The molecule has 0 saturated carbocycles. The van der Waals surface area contributed by atoms with Gasteiger partial charge in [0, 0.05) is 6.20 Å². The van der Waals surface area contributed by atoms with Crippen molar-refractivity contribution in [3.63, 3.8) is 0 Å². The van der Waals surface area contributed by atoms with Gasteiger partial charge in [-0.15, -0.1) is 0 Å². The zero-order valence-corrected chi connectivity index (χ0v) is 13.2. The number of carbonyl (C=O) groups excluding carboxylic acids is 1. The van der Waals surface area contributed by atoms with Crippen LogP contribution in [0.5, 0.6) is 5.75 Å². The van der Waals surface area contributed by atoms with Gasteiger partial charge in [0.15, 0.2) is 0 Å². The van der Waals surface area contributed by atoms with Gasteiger partial charge in [0.2, 0.25) is 5.91 Å². The molecule has 0 radical (unpaired) electrons. The Morgan fingerprint density at radius 2 is 2.09 bits per heavy atom. The lowest BCUT2D eigenvalue weighted by Gasteiger charge is -2.17. The van der Waals surface area contributed by atoms with Gasteiger partial charge >= 0.3 is 0 Å². The SMILES string of the molecule is CCOc1ccccc1N[C@@H](C)C(=O)Nc1ccc(Cl)cn1. The Bertz CT molecular complexity index is 632. The molecule has 1 amide bonds. The van der Waals surface area contributed by atoms with Gasteiger partial charge in [-0.3, -0.25) is 4.79 Å². The van der Waals surface area contributed by atoms with Crippen LogP contribution in [0.15, 0.2) is 42.6 Å². The van der Waals surface area contributed by atoms with Crippen molar-refractivity contribution in [1.29, 1.82) is 0 Å². The van der Waals surface area contributed by atoms with Gasteiger partial charge in [0.25, 0.3) is 0 Å². The minimum atomic E-state index is -0.445. The maximum absolute atomic E-state index is 12.2. The molecule has 0 aliphatic rings. The van der Waals surface area contributed by atoms with E-state index in [1.165, 1.54) is 6.20 Å². The molecule has 1 heterocycles. The number of para-hydroxylation sites is 2. The van der Waals surface area contributed by atoms with Gasteiger partial charge in [-0.2, -0.15) is 0 Å². The third-order valence-electron chi connectivity index (χ3n) is 2.93. The smallest absolute Gasteiger partial charge is 0.247 e.